The van der Waals surface area contributed by atoms with Gasteiger partial charge in [-0.3, -0.25) is 0 Å². The van der Waals surface area contributed by atoms with Crippen molar-refractivity contribution >= 4 is 17.3 Å². The molecule has 2 aromatic carbocycles. The summed E-state index contributed by atoms with van der Waals surface area (Å²) in [6.07, 6.45) is 0. The third kappa shape index (κ3) is 3.04. The zero-order chi connectivity index (χ0) is 14.7. The topological polar surface area (TPSA) is 54.3 Å². The highest BCUT2D eigenvalue weighted by Gasteiger charge is 2.11. The number of benzene rings is 2. The van der Waals surface area contributed by atoms with Crippen LogP contribution >= 0.6 is 11.6 Å². The SMILES string of the molecule is N#Cc1ccc(NCc2ccc3c(c2)OCCO3)cc1Cl. The summed E-state index contributed by atoms with van der Waals surface area (Å²) in [4.78, 5) is 0. The number of nitriles is 1. The van der Waals surface area contributed by atoms with Gasteiger partial charge in [0.25, 0.3) is 0 Å². The number of nitrogens with one attached hydrogen (secondary N) is 1. The number of anilines is 1. The molecular formula is C16H13ClN2O2. The second kappa shape index (κ2) is 5.94. The molecule has 1 N–H and O–H groups in total. The molecule has 0 atom stereocenters. The van der Waals surface area contributed by atoms with Gasteiger partial charge in [0.2, 0.25) is 0 Å². The maximum absolute atomic E-state index is 8.85. The molecule has 0 bridgehead atoms. The Morgan fingerprint density at radius 1 is 1.10 bits per heavy atom. The largest absolute Gasteiger partial charge is 0.486 e. The van der Waals surface area contributed by atoms with E-state index in [4.69, 9.17) is 26.3 Å². The highest BCUT2D eigenvalue weighted by atomic mass is 35.5. The zero-order valence-electron chi connectivity index (χ0n) is 11.2. The Bertz CT molecular complexity index is 710. The van der Waals surface area contributed by atoms with Crippen molar-refractivity contribution in [1.29, 1.82) is 5.26 Å². The quantitative estimate of drug-likeness (QED) is 0.941. The van der Waals surface area contributed by atoms with E-state index < -0.39 is 0 Å². The summed E-state index contributed by atoms with van der Waals surface area (Å²) in [6.45, 7) is 1.81. The van der Waals surface area contributed by atoms with Gasteiger partial charge in [-0.05, 0) is 35.9 Å². The summed E-state index contributed by atoms with van der Waals surface area (Å²) in [6, 6.07) is 13.2. The molecule has 0 aliphatic carbocycles. The van der Waals surface area contributed by atoms with E-state index in [1.165, 1.54) is 0 Å². The first kappa shape index (κ1) is 13.6. The Kier molecular flexibility index (Phi) is 3.85. The number of hydrogen-bond donors (Lipinski definition) is 1. The molecule has 106 valence electrons. The van der Waals surface area contributed by atoms with Crippen molar-refractivity contribution in [3.63, 3.8) is 0 Å². The zero-order valence-corrected chi connectivity index (χ0v) is 12.0. The van der Waals surface area contributed by atoms with E-state index >= 15 is 0 Å². The predicted octanol–water partition coefficient (Wildman–Crippen LogP) is 3.59. The van der Waals surface area contributed by atoms with Gasteiger partial charge in [-0.15, -0.1) is 0 Å². The van der Waals surface area contributed by atoms with Gasteiger partial charge >= 0.3 is 0 Å². The molecule has 1 aliphatic heterocycles. The monoisotopic (exact) mass is 300 g/mol. The molecule has 4 nitrogen and oxygen atoms in total. The number of rotatable bonds is 3. The molecule has 2 aromatic rings. The fraction of sp³-hybridized carbons (Fsp3) is 0.188. The molecule has 1 heterocycles. The molecule has 21 heavy (non-hydrogen) atoms. The minimum absolute atomic E-state index is 0.449. The van der Waals surface area contributed by atoms with E-state index in [-0.39, 0.29) is 0 Å². The van der Waals surface area contributed by atoms with Crippen LogP contribution in [-0.4, -0.2) is 13.2 Å². The van der Waals surface area contributed by atoms with Crippen LogP contribution in [0.3, 0.4) is 0 Å². The van der Waals surface area contributed by atoms with E-state index in [1.807, 2.05) is 30.3 Å². The second-order valence-corrected chi connectivity index (χ2v) is 5.05. The van der Waals surface area contributed by atoms with Crippen molar-refractivity contribution in [2.24, 2.45) is 0 Å². The number of fused-ring (bicyclic) bond motifs is 1. The van der Waals surface area contributed by atoms with E-state index in [9.17, 15) is 0 Å². The van der Waals surface area contributed by atoms with Crippen molar-refractivity contribution in [2.45, 2.75) is 6.54 Å². The van der Waals surface area contributed by atoms with Crippen LogP contribution < -0.4 is 14.8 Å². The van der Waals surface area contributed by atoms with Crippen LogP contribution in [0.15, 0.2) is 36.4 Å². The first-order valence-electron chi connectivity index (χ1n) is 6.58. The normalized spacial score (nSPS) is 12.6. The lowest BCUT2D eigenvalue weighted by Crippen LogP contribution is -2.15. The van der Waals surface area contributed by atoms with Gasteiger partial charge < -0.3 is 14.8 Å². The Morgan fingerprint density at radius 3 is 2.67 bits per heavy atom. The van der Waals surface area contributed by atoms with Crippen molar-refractivity contribution in [3.8, 4) is 17.6 Å². The Labute approximate surface area is 127 Å². The Balaban J connectivity index is 1.70. The smallest absolute Gasteiger partial charge is 0.161 e. The first-order chi connectivity index (χ1) is 10.3. The number of nitrogens with zero attached hydrogens (tertiary/aromatic N) is 1. The maximum atomic E-state index is 8.85. The summed E-state index contributed by atoms with van der Waals surface area (Å²) in [5.74, 6) is 1.56. The third-order valence-corrected chi connectivity index (χ3v) is 3.51. The third-order valence-electron chi connectivity index (χ3n) is 3.19. The summed E-state index contributed by atoms with van der Waals surface area (Å²) in [5, 5.41) is 12.6. The van der Waals surface area contributed by atoms with E-state index in [0.717, 1.165) is 22.7 Å². The number of hydrogen-bond acceptors (Lipinski definition) is 4. The second-order valence-electron chi connectivity index (χ2n) is 4.64. The van der Waals surface area contributed by atoms with Crippen LogP contribution in [0.25, 0.3) is 0 Å². The van der Waals surface area contributed by atoms with Gasteiger partial charge in [0, 0.05) is 12.2 Å². The molecule has 0 saturated carbocycles. The standard InChI is InChI=1S/C16H13ClN2O2/c17-14-8-13(3-2-12(14)9-18)19-10-11-1-4-15-16(7-11)21-6-5-20-15/h1-4,7-8,19H,5-6,10H2. The van der Waals surface area contributed by atoms with Crippen LogP contribution in [0.4, 0.5) is 5.69 Å². The van der Waals surface area contributed by atoms with Crippen LogP contribution in [0.1, 0.15) is 11.1 Å². The van der Waals surface area contributed by atoms with Crippen LogP contribution in [0.2, 0.25) is 5.02 Å². The van der Waals surface area contributed by atoms with E-state index in [2.05, 4.69) is 5.32 Å². The van der Waals surface area contributed by atoms with Crippen LogP contribution in [0.5, 0.6) is 11.5 Å². The van der Waals surface area contributed by atoms with Crippen molar-refractivity contribution < 1.29 is 9.47 Å². The van der Waals surface area contributed by atoms with Gasteiger partial charge in [-0.2, -0.15) is 5.26 Å². The van der Waals surface area contributed by atoms with Gasteiger partial charge in [0.05, 0.1) is 10.6 Å². The lowest BCUT2D eigenvalue weighted by atomic mass is 10.1. The first-order valence-corrected chi connectivity index (χ1v) is 6.96. The Hall–Kier alpha value is -2.38. The minimum Gasteiger partial charge on any atom is -0.486 e. The fourth-order valence-electron chi connectivity index (χ4n) is 2.12. The molecule has 0 amide bonds. The lowest BCUT2D eigenvalue weighted by molar-refractivity contribution is 0.171. The molecule has 0 fully saturated rings. The fourth-order valence-corrected chi connectivity index (χ4v) is 2.34. The highest BCUT2D eigenvalue weighted by molar-refractivity contribution is 6.32. The van der Waals surface area contributed by atoms with Crippen LogP contribution in [0, 0.1) is 11.3 Å². The maximum Gasteiger partial charge on any atom is 0.161 e. The average molecular weight is 301 g/mol. The van der Waals surface area contributed by atoms with Gasteiger partial charge in [0.15, 0.2) is 11.5 Å². The minimum atomic E-state index is 0.449. The molecule has 5 heteroatoms. The van der Waals surface area contributed by atoms with E-state index in [1.54, 1.807) is 12.1 Å². The molecule has 3 rings (SSSR count). The summed E-state index contributed by atoms with van der Waals surface area (Å²) < 4.78 is 11.0. The Morgan fingerprint density at radius 2 is 1.90 bits per heavy atom. The average Bonchev–Trinajstić information content (AvgIpc) is 2.53. The van der Waals surface area contributed by atoms with Gasteiger partial charge in [-0.1, -0.05) is 17.7 Å². The molecule has 1 aliphatic rings. The van der Waals surface area contributed by atoms with Crippen LogP contribution in [-0.2, 0) is 6.54 Å². The molecule has 0 unspecified atom stereocenters. The van der Waals surface area contributed by atoms with Crippen molar-refractivity contribution in [2.75, 3.05) is 18.5 Å². The van der Waals surface area contributed by atoms with Gasteiger partial charge in [0.1, 0.15) is 19.3 Å². The summed E-state index contributed by atoms with van der Waals surface area (Å²) in [7, 11) is 0. The number of halogens is 1. The highest BCUT2D eigenvalue weighted by Crippen LogP contribution is 2.31. The summed E-state index contributed by atoms with van der Waals surface area (Å²) in [5.41, 5.74) is 2.43. The van der Waals surface area contributed by atoms with E-state index in [0.29, 0.717) is 30.3 Å². The number of ether oxygens (including phenoxy) is 2. The van der Waals surface area contributed by atoms with Crippen molar-refractivity contribution in [1.82, 2.24) is 0 Å². The predicted molar refractivity (Wildman–Crippen MR) is 80.9 cm³/mol. The molecule has 0 saturated heterocycles. The molecule has 0 spiro atoms. The molecule has 0 aromatic heterocycles. The molecule has 0 radical (unpaired) electrons. The molecular weight excluding hydrogens is 288 g/mol. The summed E-state index contributed by atoms with van der Waals surface area (Å²) >= 11 is 6.01. The lowest BCUT2D eigenvalue weighted by Gasteiger charge is -2.19. The van der Waals surface area contributed by atoms with Crippen molar-refractivity contribution in [3.05, 3.63) is 52.5 Å². The van der Waals surface area contributed by atoms with Gasteiger partial charge in [-0.25, -0.2) is 0 Å².